The van der Waals surface area contributed by atoms with Crippen LogP contribution in [0.25, 0.3) is 0 Å². The van der Waals surface area contributed by atoms with Crippen LogP contribution in [0.2, 0.25) is 0 Å². The van der Waals surface area contributed by atoms with Crippen LogP contribution in [0, 0.1) is 0 Å². The summed E-state index contributed by atoms with van der Waals surface area (Å²) in [5, 5.41) is 8.17. The van der Waals surface area contributed by atoms with Crippen LogP contribution in [0.4, 0.5) is 11.4 Å². The number of amides is 2. The van der Waals surface area contributed by atoms with Gasteiger partial charge in [-0.2, -0.15) is 0 Å². The molecule has 0 radical (unpaired) electrons. The molecule has 0 saturated heterocycles. The molecule has 21 heavy (non-hydrogen) atoms. The van der Waals surface area contributed by atoms with Crippen LogP contribution in [-0.2, 0) is 4.79 Å². The molecule has 0 atom stereocenters. The Hall–Kier alpha value is -2.67. The molecule has 3 N–H and O–H groups in total. The summed E-state index contributed by atoms with van der Waals surface area (Å²) in [7, 11) is 0. The Kier molecular flexibility index (Phi) is 4.68. The molecule has 0 aliphatic carbocycles. The van der Waals surface area contributed by atoms with Gasteiger partial charge >= 0.3 is 0 Å². The van der Waals surface area contributed by atoms with Crippen molar-refractivity contribution in [2.45, 2.75) is 6.92 Å². The van der Waals surface area contributed by atoms with Crippen molar-refractivity contribution in [3.63, 3.8) is 0 Å². The number of benzene rings is 1. The molecule has 6 nitrogen and oxygen atoms in total. The molecule has 2 aromatic rings. The first-order valence-corrected chi connectivity index (χ1v) is 6.49. The van der Waals surface area contributed by atoms with E-state index in [-0.39, 0.29) is 16.8 Å². The number of furan rings is 1. The Balaban J connectivity index is 1.90. The first kappa shape index (κ1) is 14.7. The Morgan fingerprint density at radius 1 is 1.05 bits per heavy atom. The molecule has 7 heteroatoms. The molecule has 0 aliphatic rings. The first-order valence-electron chi connectivity index (χ1n) is 6.08. The topological polar surface area (TPSA) is 83.4 Å². The van der Waals surface area contributed by atoms with E-state index in [2.05, 4.69) is 16.0 Å². The summed E-state index contributed by atoms with van der Waals surface area (Å²) in [6.45, 7) is 1.44. The van der Waals surface area contributed by atoms with Crippen molar-refractivity contribution >= 4 is 40.5 Å². The van der Waals surface area contributed by atoms with Gasteiger partial charge < -0.3 is 15.1 Å². The summed E-state index contributed by atoms with van der Waals surface area (Å²) in [4.78, 5) is 22.6. The van der Waals surface area contributed by atoms with Crippen LogP contribution in [0.5, 0.6) is 0 Å². The summed E-state index contributed by atoms with van der Waals surface area (Å²) >= 11 is 5.03. The van der Waals surface area contributed by atoms with Gasteiger partial charge in [-0.15, -0.1) is 0 Å². The van der Waals surface area contributed by atoms with Gasteiger partial charge in [0.2, 0.25) is 5.91 Å². The molecular formula is C14H13N3O3S. The minimum atomic E-state index is -0.424. The maximum atomic E-state index is 11.7. The highest BCUT2D eigenvalue weighted by molar-refractivity contribution is 7.80. The van der Waals surface area contributed by atoms with Gasteiger partial charge in [0.15, 0.2) is 10.9 Å². The molecule has 2 rings (SSSR count). The van der Waals surface area contributed by atoms with Crippen LogP contribution in [0.15, 0.2) is 47.1 Å². The molecule has 2 amide bonds. The Morgan fingerprint density at radius 3 is 2.19 bits per heavy atom. The quantitative estimate of drug-likeness (QED) is 0.758. The number of carbonyl (C=O) groups excluding carboxylic acids is 2. The molecule has 1 aromatic carbocycles. The third-order valence-electron chi connectivity index (χ3n) is 2.44. The minimum absolute atomic E-state index is 0.142. The lowest BCUT2D eigenvalue weighted by Crippen LogP contribution is -2.33. The Morgan fingerprint density at radius 2 is 1.67 bits per heavy atom. The van der Waals surface area contributed by atoms with E-state index in [1.54, 1.807) is 36.4 Å². The molecule has 0 aliphatic heterocycles. The van der Waals surface area contributed by atoms with Crippen molar-refractivity contribution in [2.75, 3.05) is 10.6 Å². The van der Waals surface area contributed by atoms with Crippen molar-refractivity contribution in [1.29, 1.82) is 0 Å². The van der Waals surface area contributed by atoms with Crippen LogP contribution in [0.1, 0.15) is 17.5 Å². The maximum Gasteiger partial charge on any atom is 0.293 e. The van der Waals surface area contributed by atoms with Crippen LogP contribution < -0.4 is 16.0 Å². The highest BCUT2D eigenvalue weighted by Gasteiger charge is 2.10. The van der Waals surface area contributed by atoms with E-state index < -0.39 is 5.91 Å². The predicted molar refractivity (Wildman–Crippen MR) is 83.1 cm³/mol. The second-order valence-corrected chi connectivity index (χ2v) is 4.55. The van der Waals surface area contributed by atoms with E-state index in [9.17, 15) is 9.59 Å². The summed E-state index contributed by atoms with van der Waals surface area (Å²) in [6, 6.07) is 10.1. The third-order valence-corrected chi connectivity index (χ3v) is 2.64. The molecule has 0 bridgehead atoms. The van der Waals surface area contributed by atoms with E-state index >= 15 is 0 Å². The third kappa shape index (κ3) is 4.43. The van der Waals surface area contributed by atoms with Gasteiger partial charge in [0, 0.05) is 18.3 Å². The fourth-order valence-corrected chi connectivity index (χ4v) is 1.79. The normalized spacial score (nSPS) is 9.76. The average molecular weight is 303 g/mol. The SMILES string of the molecule is CC(=O)Nc1ccc(NC(=S)NC(=O)c2ccco2)cc1. The van der Waals surface area contributed by atoms with Crippen molar-refractivity contribution in [3.8, 4) is 0 Å². The molecular weight excluding hydrogens is 290 g/mol. The molecule has 108 valence electrons. The Bertz CT molecular complexity index is 651. The number of hydrogen-bond acceptors (Lipinski definition) is 4. The lowest BCUT2D eigenvalue weighted by Gasteiger charge is -2.09. The van der Waals surface area contributed by atoms with Gasteiger partial charge in [0.1, 0.15) is 0 Å². The lowest BCUT2D eigenvalue weighted by molar-refractivity contribution is -0.114. The van der Waals surface area contributed by atoms with E-state index in [1.165, 1.54) is 13.2 Å². The van der Waals surface area contributed by atoms with Gasteiger partial charge in [0.05, 0.1) is 6.26 Å². The van der Waals surface area contributed by atoms with Gasteiger partial charge in [0.25, 0.3) is 5.91 Å². The van der Waals surface area contributed by atoms with Crippen LogP contribution in [0.3, 0.4) is 0 Å². The molecule has 0 fully saturated rings. The molecule has 1 aromatic heterocycles. The second kappa shape index (κ2) is 6.67. The van der Waals surface area contributed by atoms with Gasteiger partial charge in [-0.25, -0.2) is 0 Å². The number of nitrogens with one attached hydrogen (secondary N) is 3. The van der Waals surface area contributed by atoms with Gasteiger partial charge in [-0.05, 0) is 48.6 Å². The summed E-state index contributed by atoms with van der Waals surface area (Å²) in [5.74, 6) is -0.385. The number of rotatable bonds is 3. The van der Waals surface area contributed by atoms with E-state index in [4.69, 9.17) is 16.6 Å². The van der Waals surface area contributed by atoms with Crippen LogP contribution in [-0.4, -0.2) is 16.9 Å². The fourth-order valence-electron chi connectivity index (χ4n) is 1.57. The van der Waals surface area contributed by atoms with Crippen molar-refractivity contribution in [3.05, 3.63) is 48.4 Å². The van der Waals surface area contributed by atoms with E-state index in [0.29, 0.717) is 11.4 Å². The van der Waals surface area contributed by atoms with E-state index in [0.717, 1.165) is 0 Å². The molecule has 0 unspecified atom stereocenters. The van der Waals surface area contributed by atoms with Gasteiger partial charge in [-0.1, -0.05) is 0 Å². The summed E-state index contributed by atoms with van der Waals surface area (Å²) in [6.07, 6.45) is 1.41. The first-order chi connectivity index (χ1) is 10.0. The largest absolute Gasteiger partial charge is 0.459 e. The standard InChI is InChI=1S/C14H13N3O3S/c1-9(18)15-10-4-6-11(7-5-10)16-14(21)17-13(19)12-3-2-8-20-12/h2-8H,1H3,(H,15,18)(H2,16,17,19,21). The zero-order valence-corrected chi connectivity index (χ0v) is 12.0. The molecule has 0 saturated carbocycles. The zero-order valence-electron chi connectivity index (χ0n) is 11.2. The highest BCUT2D eigenvalue weighted by Crippen LogP contribution is 2.13. The number of thiocarbonyl (C=S) groups is 1. The lowest BCUT2D eigenvalue weighted by atomic mass is 10.3. The van der Waals surface area contributed by atoms with Crippen molar-refractivity contribution < 1.29 is 14.0 Å². The number of anilines is 2. The predicted octanol–water partition coefficient (Wildman–Crippen LogP) is 2.36. The monoisotopic (exact) mass is 303 g/mol. The van der Waals surface area contributed by atoms with Gasteiger partial charge in [-0.3, -0.25) is 14.9 Å². The number of hydrogen-bond donors (Lipinski definition) is 3. The van der Waals surface area contributed by atoms with Crippen molar-refractivity contribution in [1.82, 2.24) is 5.32 Å². The summed E-state index contributed by atoms with van der Waals surface area (Å²) in [5.41, 5.74) is 1.37. The second-order valence-electron chi connectivity index (χ2n) is 4.14. The summed E-state index contributed by atoms with van der Waals surface area (Å²) < 4.78 is 4.96. The Labute approximate surface area is 126 Å². The zero-order chi connectivity index (χ0) is 15.2. The molecule has 0 spiro atoms. The minimum Gasteiger partial charge on any atom is -0.459 e. The van der Waals surface area contributed by atoms with Crippen LogP contribution >= 0.6 is 12.2 Å². The maximum absolute atomic E-state index is 11.7. The number of carbonyl (C=O) groups is 2. The molecule has 1 heterocycles. The van der Waals surface area contributed by atoms with Crippen molar-refractivity contribution in [2.24, 2.45) is 0 Å². The fraction of sp³-hybridized carbons (Fsp3) is 0.0714. The average Bonchev–Trinajstić information content (AvgIpc) is 2.94. The smallest absolute Gasteiger partial charge is 0.293 e. The highest BCUT2D eigenvalue weighted by atomic mass is 32.1. The van der Waals surface area contributed by atoms with E-state index in [1.807, 2.05) is 0 Å².